The van der Waals surface area contributed by atoms with Gasteiger partial charge in [0.25, 0.3) is 0 Å². The molecular weight excluding hydrogens is 332 g/mol. The van der Waals surface area contributed by atoms with Gasteiger partial charge in [-0.1, -0.05) is 12.1 Å². The van der Waals surface area contributed by atoms with E-state index >= 15 is 0 Å². The Morgan fingerprint density at radius 2 is 1.81 bits per heavy atom. The van der Waals surface area contributed by atoms with Crippen LogP contribution in [0.2, 0.25) is 0 Å². The van der Waals surface area contributed by atoms with Crippen molar-refractivity contribution in [2.24, 2.45) is 0 Å². The van der Waals surface area contributed by atoms with Crippen LogP contribution >= 0.6 is 15.9 Å². The molecule has 0 bridgehead atoms. The van der Waals surface area contributed by atoms with Crippen molar-refractivity contribution in [1.82, 2.24) is 9.97 Å². The van der Waals surface area contributed by atoms with Gasteiger partial charge in [-0.15, -0.1) is 0 Å². The molecule has 0 aliphatic carbocycles. The zero-order valence-corrected chi connectivity index (χ0v) is 12.9. The Kier molecular flexibility index (Phi) is 3.62. The summed E-state index contributed by atoms with van der Waals surface area (Å²) in [5, 5.41) is 3.17. The fourth-order valence-corrected chi connectivity index (χ4v) is 2.39. The van der Waals surface area contributed by atoms with E-state index in [-0.39, 0.29) is 0 Å². The van der Waals surface area contributed by atoms with Crippen molar-refractivity contribution in [1.29, 1.82) is 0 Å². The van der Waals surface area contributed by atoms with Crippen molar-refractivity contribution in [3.8, 4) is 5.75 Å². The molecule has 1 aromatic heterocycles. The molecule has 6 heteroatoms. The maximum atomic E-state index is 5.96. The maximum absolute atomic E-state index is 5.96. The Labute approximate surface area is 130 Å². The highest BCUT2D eigenvalue weighted by Gasteiger charge is 2.07. The van der Waals surface area contributed by atoms with E-state index in [9.17, 15) is 0 Å². The summed E-state index contributed by atoms with van der Waals surface area (Å²) >= 11 is 3.42. The summed E-state index contributed by atoms with van der Waals surface area (Å²) in [6, 6.07) is 13.3. The van der Waals surface area contributed by atoms with Crippen LogP contribution in [0.25, 0.3) is 11.0 Å². The van der Waals surface area contributed by atoms with Gasteiger partial charge in [0.15, 0.2) is 11.6 Å². The SMILES string of the molecule is COc1cc(Nc2nc3ccccc3nc2N)ccc1Br. The first-order valence-corrected chi connectivity index (χ1v) is 7.09. The average Bonchev–Trinajstić information content (AvgIpc) is 2.50. The van der Waals surface area contributed by atoms with Crippen LogP contribution in [0.1, 0.15) is 0 Å². The fraction of sp³-hybridized carbons (Fsp3) is 0.0667. The molecule has 0 spiro atoms. The molecule has 0 radical (unpaired) electrons. The van der Waals surface area contributed by atoms with Crippen LogP contribution in [0.3, 0.4) is 0 Å². The molecule has 0 atom stereocenters. The molecule has 2 aromatic carbocycles. The zero-order chi connectivity index (χ0) is 14.8. The molecule has 106 valence electrons. The normalized spacial score (nSPS) is 10.6. The number of hydrogen-bond acceptors (Lipinski definition) is 5. The number of hydrogen-bond donors (Lipinski definition) is 2. The van der Waals surface area contributed by atoms with Gasteiger partial charge in [-0.2, -0.15) is 0 Å². The highest BCUT2D eigenvalue weighted by Crippen LogP contribution is 2.30. The lowest BCUT2D eigenvalue weighted by Gasteiger charge is -2.11. The first kappa shape index (κ1) is 13.6. The van der Waals surface area contributed by atoms with Gasteiger partial charge in [-0.3, -0.25) is 0 Å². The minimum absolute atomic E-state index is 0.357. The van der Waals surface area contributed by atoms with E-state index in [1.165, 1.54) is 0 Å². The second kappa shape index (κ2) is 5.57. The Balaban J connectivity index is 1.99. The smallest absolute Gasteiger partial charge is 0.174 e. The molecule has 0 saturated heterocycles. The standard InChI is InChI=1S/C15H13BrN4O/c1-21-13-8-9(6-7-10(13)16)18-15-14(17)19-11-4-2-3-5-12(11)20-15/h2-8H,1H3,(H2,17,19)(H,18,20). The summed E-state index contributed by atoms with van der Waals surface area (Å²) in [5.74, 6) is 1.61. The number of rotatable bonds is 3. The number of nitrogens with zero attached hydrogens (tertiary/aromatic N) is 2. The first-order chi connectivity index (χ1) is 10.2. The molecule has 3 rings (SSSR count). The average molecular weight is 345 g/mol. The first-order valence-electron chi connectivity index (χ1n) is 6.30. The number of methoxy groups -OCH3 is 1. The minimum Gasteiger partial charge on any atom is -0.495 e. The van der Waals surface area contributed by atoms with Gasteiger partial charge in [0.1, 0.15) is 5.75 Å². The van der Waals surface area contributed by atoms with Gasteiger partial charge in [0.2, 0.25) is 0 Å². The highest BCUT2D eigenvalue weighted by molar-refractivity contribution is 9.10. The monoisotopic (exact) mass is 344 g/mol. The summed E-state index contributed by atoms with van der Waals surface area (Å²) in [4.78, 5) is 8.84. The molecule has 0 fully saturated rings. The number of halogens is 1. The summed E-state index contributed by atoms with van der Waals surface area (Å²) in [6.07, 6.45) is 0. The van der Waals surface area contributed by atoms with E-state index in [4.69, 9.17) is 10.5 Å². The number of aromatic nitrogens is 2. The third kappa shape index (κ3) is 2.75. The predicted molar refractivity (Wildman–Crippen MR) is 87.9 cm³/mol. The molecule has 0 amide bonds. The van der Waals surface area contributed by atoms with Gasteiger partial charge in [0.05, 0.1) is 22.6 Å². The summed E-state index contributed by atoms with van der Waals surface area (Å²) in [7, 11) is 1.62. The van der Waals surface area contributed by atoms with Gasteiger partial charge in [-0.05, 0) is 40.2 Å². The number of nitrogen functional groups attached to an aromatic ring is 1. The zero-order valence-electron chi connectivity index (χ0n) is 11.3. The molecule has 0 aliphatic rings. The summed E-state index contributed by atoms with van der Waals surface area (Å²) in [6.45, 7) is 0. The van der Waals surface area contributed by atoms with E-state index in [2.05, 4.69) is 31.2 Å². The molecule has 0 unspecified atom stereocenters. The molecular formula is C15H13BrN4O. The number of para-hydroxylation sites is 2. The van der Waals surface area contributed by atoms with E-state index in [0.717, 1.165) is 26.9 Å². The van der Waals surface area contributed by atoms with E-state index in [1.807, 2.05) is 42.5 Å². The van der Waals surface area contributed by atoms with Crippen LogP contribution < -0.4 is 15.8 Å². The highest BCUT2D eigenvalue weighted by atomic mass is 79.9. The fourth-order valence-electron chi connectivity index (χ4n) is 1.98. The van der Waals surface area contributed by atoms with E-state index in [1.54, 1.807) is 7.11 Å². The van der Waals surface area contributed by atoms with Crippen LogP contribution in [-0.2, 0) is 0 Å². The molecule has 21 heavy (non-hydrogen) atoms. The Hall–Kier alpha value is -2.34. The van der Waals surface area contributed by atoms with Crippen molar-refractivity contribution < 1.29 is 4.74 Å². The summed E-state index contributed by atoms with van der Waals surface area (Å²) in [5.41, 5.74) is 8.35. The lowest BCUT2D eigenvalue weighted by Crippen LogP contribution is -2.02. The van der Waals surface area contributed by atoms with Crippen molar-refractivity contribution in [2.75, 3.05) is 18.2 Å². The van der Waals surface area contributed by atoms with E-state index < -0.39 is 0 Å². The van der Waals surface area contributed by atoms with Gasteiger partial charge < -0.3 is 15.8 Å². The largest absolute Gasteiger partial charge is 0.495 e. The van der Waals surface area contributed by atoms with Crippen LogP contribution in [0.5, 0.6) is 5.75 Å². The van der Waals surface area contributed by atoms with Crippen LogP contribution in [0.15, 0.2) is 46.9 Å². The van der Waals surface area contributed by atoms with Crippen molar-refractivity contribution >= 4 is 44.3 Å². The Bertz CT molecular complexity index is 807. The van der Waals surface area contributed by atoms with Gasteiger partial charge in [0, 0.05) is 11.8 Å². The maximum Gasteiger partial charge on any atom is 0.174 e. The molecule has 3 N–H and O–H groups in total. The minimum atomic E-state index is 0.357. The molecule has 1 heterocycles. The second-order valence-electron chi connectivity index (χ2n) is 4.42. The van der Waals surface area contributed by atoms with E-state index in [0.29, 0.717) is 11.6 Å². The number of nitrogens with two attached hydrogens (primary N) is 1. The van der Waals surface area contributed by atoms with Crippen molar-refractivity contribution in [3.05, 3.63) is 46.9 Å². The third-order valence-corrected chi connectivity index (χ3v) is 3.67. The summed E-state index contributed by atoms with van der Waals surface area (Å²) < 4.78 is 6.15. The van der Waals surface area contributed by atoms with Crippen LogP contribution in [0, 0.1) is 0 Å². The predicted octanol–water partition coefficient (Wildman–Crippen LogP) is 3.73. The third-order valence-electron chi connectivity index (χ3n) is 3.01. The molecule has 5 nitrogen and oxygen atoms in total. The van der Waals surface area contributed by atoms with Gasteiger partial charge in [-0.25, -0.2) is 9.97 Å². The molecule has 3 aromatic rings. The van der Waals surface area contributed by atoms with Crippen molar-refractivity contribution in [2.45, 2.75) is 0 Å². The van der Waals surface area contributed by atoms with Crippen LogP contribution in [-0.4, -0.2) is 17.1 Å². The van der Waals surface area contributed by atoms with Crippen LogP contribution in [0.4, 0.5) is 17.3 Å². The van der Waals surface area contributed by atoms with Gasteiger partial charge >= 0.3 is 0 Å². The number of ether oxygens (including phenoxy) is 1. The number of benzene rings is 2. The number of anilines is 3. The number of nitrogens with one attached hydrogen (secondary N) is 1. The Morgan fingerprint density at radius 1 is 1.10 bits per heavy atom. The number of fused-ring (bicyclic) bond motifs is 1. The quantitative estimate of drug-likeness (QED) is 0.757. The van der Waals surface area contributed by atoms with Crippen molar-refractivity contribution in [3.63, 3.8) is 0 Å². The molecule has 0 saturated carbocycles. The second-order valence-corrected chi connectivity index (χ2v) is 5.27. The lowest BCUT2D eigenvalue weighted by atomic mass is 10.3. The topological polar surface area (TPSA) is 73.1 Å². The molecule has 0 aliphatic heterocycles. The Morgan fingerprint density at radius 3 is 2.52 bits per heavy atom. The lowest BCUT2D eigenvalue weighted by molar-refractivity contribution is 0.412.